The Kier molecular flexibility index (Phi) is 8.55. The van der Waals surface area contributed by atoms with Crippen molar-refractivity contribution in [1.82, 2.24) is 0 Å². The summed E-state index contributed by atoms with van der Waals surface area (Å²) in [6.45, 7) is 12.7. The summed E-state index contributed by atoms with van der Waals surface area (Å²) in [5, 5.41) is 11.0. The number of hydrogen-bond donors (Lipinski definition) is 1. The van der Waals surface area contributed by atoms with E-state index in [1.807, 2.05) is 0 Å². The van der Waals surface area contributed by atoms with Gasteiger partial charge in [0.2, 0.25) is 0 Å². The Bertz CT molecular complexity index is 699. The van der Waals surface area contributed by atoms with Gasteiger partial charge >= 0.3 is 0 Å². The summed E-state index contributed by atoms with van der Waals surface area (Å²) >= 11 is 7.10. The second-order valence-corrected chi connectivity index (χ2v) is 16.4. The van der Waals surface area contributed by atoms with Crippen LogP contribution in [0, 0.1) is 58.2 Å². The van der Waals surface area contributed by atoms with Crippen LogP contribution >= 0.6 is 31.9 Å². The van der Waals surface area contributed by atoms with Crippen LogP contribution in [0.3, 0.4) is 0 Å². The smallest absolute Gasteiger partial charge is 0.0574 e. The van der Waals surface area contributed by atoms with Crippen molar-refractivity contribution in [3.63, 3.8) is 0 Å². The fourth-order valence-electron chi connectivity index (χ4n) is 10.1. The summed E-state index contributed by atoms with van der Waals surface area (Å²) in [5.41, 5.74) is 1.01. The highest BCUT2D eigenvalue weighted by molar-refractivity contribution is 9.28. The average Bonchev–Trinajstić information content (AvgIpc) is 3.10. The molecule has 3 heteroatoms. The van der Waals surface area contributed by atoms with E-state index in [0.29, 0.717) is 22.7 Å². The Labute approximate surface area is 221 Å². The van der Waals surface area contributed by atoms with E-state index < -0.39 is 0 Å². The second kappa shape index (κ2) is 10.6. The Morgan fingerprint density at radius 2 is 1.55 bits per heavy atom. The van der Waals surface area contributed by atoms with E-state index >= 15 is 0 Å². The molecule has 0 aromatic carbocycles. The molecular weight excluding hydrogens is 536 g/mol. The van der Waals surface area contributed by atoms with Crippen molar-refractivity contribution in [3.05, 3.63) is 9.47 Å². The predicted molar refractivity (Wildman–Crippen MR) is 149 cm³/mol. The monoisotopic (exact) mass is 584 g/mol. The predicted octanol–water partition coefficient (Wildman–Crippen LogP) is 9.72. The molecule has 10 atom stereocenters. The van der Waals surface area contributed by atoms with Crippen molar-refractivity contribution in [1.29, 1.82) is 0 Å². The van der Waals surface area contributed by atoms with Crippen LogP contribution in [-0.4, -0.2) is 11.2 Å². The maximum absolute atomic E-state index is 11.0. The molecule has 1 N–H and O–H groups in total. The molecule has 0 heterocycles. The van der Waals surface area contributed by atoms with Gasteiger partial charge in [-0.3, -0.25) is 0 Å². The molecule has 0 amide bonds. The molecule has 0 saturated heterocycles. The van der Waals surface area contributed by atoms with Gasteiger partial charge in [0.1, 0.15) is 0 Å². The van der Waals surface area contributed by atoms with E-state index in [-0.39, 0.29) is 6.10 Å². The van der Waals surface area contributed by atoms with Gasteiger partial charge in [-0.25, -0.2) is 0 Å². The number of aliphatic hydroxyl groups is 1. The molecule has 4 aliphatic carbocycles. The number of halogens is 2. The van der Waals surface area contributed by atoms with Crippen molar-refractivity contribution < 1.29 is 5.11 Å². The number of fused-ring (bicyclic) bond motifs is 5. The van der Waals surface area contributed by atoms with Crippen molar-refractivity contribution in [3.8, 4) is 0 Å². The van der Waals surface area contributed by atoms with Crippen molar-refractivity contribution >= 4 is 31.9 Å². The zero-order valence-corrected chi connectivity index (χ0v) is 25.1. The minimum absolute atomic E-state index is 0.119. The Morgan fingerprint density at radius 1 is 0.879 bits per heavy atom. The number of allylic oxidation sites excluding steroid dienone is 1. The summed E-state index contributed by atoms with van der Waals surface area (Å²) in [5.74, 6) is 6.58. The third kappa shape index (κ3) is 5.09. The van der Waals surface area contributed by atoms with Gasteiger partial charge in [0, 0.05) is 0 Å². The number of hydrogen-bond acceptors (Lipinski definition) is 1. The molecule has 0 aromatic heterocycles. The van der Waals surface area contributed by atoms with Gasteiger partial charge in [-0.05, 0) is 148 Å². The summed E-state index contributed by atoms with van der Waals surface area (Å²) in [4.78, 5) is 0. The van der Waals surface area contributed by atoms with Gasteiger partial charge in [-0.2, -0.15) is 0 Å². The number of aliphatic hydroxyl groups excluding tert-OH is 1. The van der Waals surface area contributed by atoms with Crippen molar-refractivity contribution in [2.24, 2.45) is 58.2 Å². The van der Waals surface area contributed by atoms with E-state index in [1.54, 1.807) is 0 Å². The lowest BCUT2D eigenvalue weighted by atomic mass is 9.43. The molecule has 190 valence electrons. The third-order valence-electron chi connectivity index (χ3n) is 11.7. The lowest BCUT2D eigenvalue weighted by Gasteiger charge is -2.62. The van der Waals surface area contributed by atoms with Gasteiger partial charge in [0.15, 0.2) is 0 Å². The van der Waals surface area contributed by atoms with Gasteiger partial charge in [0.25, 0.3) is 0 Å². The maximum Gasteiger partial charge on any atom is 0.0574 e. The van der Waals surface area contributed by atoms with Crippen LogP contribution in [-0.2, 0) is 0 Å². The molecule has 4 saturated carbocycles. The normalized spacial score (nSPS) is 45.8. The van der Waals surface area contributed by atoms with Crippen LogP contribution in [0.25, 0.3) is 0 Å². The summed E-state index contributed by atoms with van der Waals surface area (Å²) < 4.78 is 1.04. The summed E-state index contributed by atoms with van der Waals surface area (Å²) in [6.07, 6.45) is 18.3. The molecule has 0 bridgehead atoms. The zero-order valence-electron chi connectivity index (χ0n) is 22.0. The molecule has 0 aromatic rings. The van der Waals surface area contributed by atoms with E-state index in [4.69, 9.17) is 0 Å². The minimum Gasteiger partial charge on any atom is -0.393 e. The topological polar surface area (TPSA) is 20.2 Å². The zero-order chi connectivity index (χ0) is 24.0. The highest BCUT2D eigenvalue weighted by Crippen LogP contribution is 2.69. The molecule has 4 fully saturated rings. The highest BCUT2D eigenvalue weighted by atomic mass is 79.9. The summed E-state index contributed by atoms with van der Waals surface area (Å²) in [7, 11) is 0. The van der Waals surface area contributed by atoms with E-state index in [9.17, 15) is 5.11 Å². The van der Waals surface area contributed by atoms with Crippen LogP contribution in [0.4, 0.5) is 0 Å². The highest BCUT2D eigenvalue weighted by Gasteiger charge is 2.61. The van der Waals surface area contributed by atoms with E-state index in [1.165, 1.54) is 64.2 Å². The molecule has 4 aliphatic rings. The van der Waals surface area contributed by atoms with Gasteiger partial charge in [-0.1, -0.05) is 60.0 Å². The first kappa shape index (κ1) is 26.7. The first-order valence-electron chi connectivity index (χ1n) is 14.3. The lowest BCUT2D eigenvalue weighted by Crippen LogP contribution is -2.56. The van der Waals surface area contributed by atoms with Crippen LogP contribution in [0.15, 0.2) is 9.47 Å². The van der Waals surface area contributed by atoms with Crippen molar-refractivity contribution in [2.45, 2.75) is 118 Å². The molecular formula is C30H50Br2O. The van der Waals surface area contributed by atoms with Crippen LogP contribution in [0.1, 0.15) is 112 Å². The fourth-order valence-corrected chi connectivity index (χ4v) is 10.4. The minimum atomic E-state index is -0.119. The van der Waals surface area contributed by atoms with Crippen LogP contribution in [0.2, 0.25) is 0 Å². The third-order valence-corrected chi connectivity index (χ3v) is 12.3. The first-order chi connectivity index (χ1) is 15.6. The van der Waals surface area contributed by atoms with E-state index in [0.717, 1.165) is 51.7 Å². The van der Waals surface area contributed by atoms with Gasteiger partial charge in [-0.15, -0.1) is 0 Å². The Morgan fingerprint density at radius 3 is 2.24 bits per heavy atom. The molecule has 0 unspecified atom stereocenters. The van der Waals surface area contributed by atoms with Gasteiger partial charge in [0.05, 0.1) is 9.50 Å². The standard InChI is InChI=1S/C30H50Br2O/c1-19(2)7-6-8-20(3)23-12-13-24-21-9-11-25-22(10-14-28(31)32)27(33)16-18-30(25,5)26(21)15-17-29(23,24)4/h14,19-27,33H,6-13,15-18H2,1-5H3/t20-,21+,22+,23-,24+,25+,26+,27-,29-,30+/m1/s1. The van der Waals surface area contributed by atoms with Crippen molar-refractivity contribution in [2.75, 3.05) is 0 Å². The molecule has 4 rings (SSSR count). The molecule has 0 spiro atoms. The summed E-state index contributed by atoms with van der Waals surface area (Å²) in [6, 6.07) is 0. The lowest BCUT2D eigenvalue weighted by molar-refractivity contribution is -0.152. The molecule has 0 radical (unpaired) electrons. The Hall–Kier alpha value is 0.660. The van der Waals surface area contributed by atoms with Crippen LogP contribution in [0.5, 0.6) is 0 Å². The largest absolute Gasteiger partial charge is 0.393 e. The Balaban J connectivity index is 1.48. The van der Waals surface area contributed by atoms with Crippen LogP contribution < -0.4 is 0 Å². The average molecular weight is 587 g/mol. The maximum atomic E-state index is 11.0. The molecule has 1 nitrogen and oxygen atoms in total. The van der Waals surface area contributed by atoms with Gasteiger partial charge < -0.3 is 5.11 Å². The van der Waals surface area contributed by atoms with E-state index in [2.05, 4.69) is 72.6 Å². The first-order valence-corrected chi connectivity index (χ1v) is 15.9. The molecule has 0 aliphatic heterocycles. The quantitative estimate of drug-likeness (QED) is 0.315. The fraction of sp³-hybridized carbons (Fsp3) is 0.933. The molecule has 33 heavy (non-hydrogen) atoms. The second-order valence-electron chi connectivity index (χ2n) is 13.6. The SMILES string of the molecule is CC(C)CCC[C@@H](C)[C@H]1CC[C@H]2[C@@H]3CC[C@H]4[C@H](CC=C(Br)Br)[C@H](O)CC[C@]4(C)[C@H]3CC[C@]12C. The number of rotatable bonds is 7.